The van der Waals surface area contributed by atoms with Gasteiger partial charge in [0.05, 0.1) is 16.7 Å². The predicted octanol–water partition coefficient (Wildman–Crippen LogP) is 3.91. The molecule has 0 radical (unpaired) electrons. The number of benzene rings is 1. The van der Waals surface area contributed by atoms with Crippen molar-refractivity contribution < 1.29 is 0 Å². The lowest BCUT2D eigenvalue weighted by molar-refractivity contribution is 0.477. The molecule has 19 heavy (non-hydrogen) atoms. The fourth-order valence-electron chi connectivity index (χ4n) is 2.88. The monoisotopic (exact) mass is 272 g/mol. The second-order valence-electron chi connectivity index (χ2n) is 5.24. The van der Waals surface area contributed by atoms with Crippen LogP contribution >= 0.6 is 11.3 Å². The van der Waals surface area contributed by atoms with Crippen molar-refractivity contribution >= 4 is 11.3 Å². The van der Waals surface area contributed by atoms with Crippen molar-refractivity contribution in [2.24, 2.45) is 5.92 Å². The van der Waals surface area contributed by atoms with E-state index in [1.807, 2.05) is 0 Å². The Morgan fingerprint density at radius 2 is 2.16 bits per heavy atom. The van der Waals surface area contributed by atoms with Gasteiger partial charge in [-0.1, -0.05) is 37.3 Å². The maximum absolute atomic E-state index is 4.68. The molecule has 1 saturated carbocycles. The summed E-state index contributed by atoms with van der Waals surface area (Å²) in [6, 6.07) is 11.3. The van der Waals surface area contributed by atoms with Crippen LogP contribution in [-0.4, -0.2) is 11.5 Å². The first kappa shape index (κ1) is 12.8. The van der Waals surface area contributed by atoms with Gasteiger partial charge in [-0.3, -0.25) is 0 Å². The number of hydrogen-bond donors (Lipinski definition) is 1. The molecule has 100 valence electrons. The highest BCUT2D eigenvalue weighted by atomic mass is 32.1. The molecule has 3 rings (SSSR count). The lowest BCUT2D eigenvalue weighted by Gasteiger charge is -2.16. The largest absolute Gasteiger partial charge is 0.309 e. The van der Waals surface area contributed by atoms with Gasteiger partial charge < -0.3 is 5.32 Å². The number of thiazole rings is 1. The maximum atomic E-state index is 4.68. The molecule has 1 N–H and O–H groups in total. The van der Waals surface area contributed by atoms with Crippen molar-refractivity contribution in [3.8, 4) is 0 Å². The lowest BCUT2D eigenvalue weighted by Crippen LogP contribution is -2.23. The van der Waals surface area contributed by atoms with Crippen LogP contribution in [0.2, 0.25) is 0 Å². The van der Waals surface area contributed by atoms with E-state index in [4.69, 9.17) is 0 Å². The van der Waals surface area contributed by atoms with Crippen LogP contribution < -0.4 is 5.32 Å². The fraction of sp³-hybridized carbons (Fsp3) is 0.438. The van der Waals surface area contributed by atoms with Gasteiger partial charge in [-0.25, -0.2) is 4.98 Å². The van der Waals surface area contributed by atoms with Gasteiger partial charge in [0.2, 0.25) is 0 Å². The number of hydrogen-bond acceptors (Lipinski definition) is 3. The van der Waals surface area contributed by atoms with Crippen LogP contribution in [0.1, 0.15) is 41.6 Å². The minimum Gasteiger partial charge on any atom is -0.309 e. The van der Waals surface area contributed by atoms with E-state index in [2.05, 4.69) is 59.9 Å². The van der Waals surface area contributed by atoms with E-state index >= 15 is 0 Å². The molecule has 0 amide bonds. The van der Waals surface area contributed by atoms with Gasteiger partial charge in [-0.2, -0.15) is 0 Å². The summed E-state index contributed by atoms with van der Waals surface area (Å²) in [5.41, 5.74) is 2.70. The lowest BCUT2D eigenvalue weighted by atomic mass is 10.0. The molecule has 0 bridgehead atoms. The van der Waals surface area contributed by atoms with Gasteiger partial charge in [0.1, 0.15) is 0 Å². The molecule has 1 fully saturated rings. The highest BCUT2D eigenvalue weighted by Crippen LogP contribution is 2.53. The zero-order chi connectivity index (χ0) is 13.2. The van der Waals surface area contributed by atoms with E-state index in [1.54, 1.807) is 11.3 Å². The quantitative estimate of drug-likeness (QED) is 0.892. The Morgan fingerprint density at radius 1 is 1.37 bits per heavy atom. The second-order valence-corrected chi connectivity index (χ2v) is 6.31. The molecule has 0 saturated heterocycles. The van der Waals surface area contributed by atoms with E-state index in [9.17, 15) is 0 Å². The first-order valence-electron chi connectivity index (χ1n) is 7.00. The molecule has 1 heterocycles. The van der Waals surface area contributed by atoms with Crippen LogP contribution in [0.15, 0.2) is 35.7 Å². The molecule has 3 heteroatoms. The Kier molecular flexibility index (Phi) is 3.67. The van der Waals surface area contributed by atoms with Crippen molar-refractivity contribution in [1.82, 2.24) is 10.3 Å². The van der Waals surface area contributed by atoms with E-state index in [-0.39, 0.29) is 0 Å². The first-order valence-corrected chi connectivity index (χ1v) is 7.88. The van der Waals surface area contributed by atoms with Crippen LogP contribution in [0, 0.1) is 12.8 Å². The van der Waals surface area contributed by atoms with Crippen LogP contribution in [0.25, 0.3) is 0 Å². The second kappa shape index (κ2) is 5.43. The molecular weight excluding hydrogens is 252 g/mol. The van der Waals surface area contributed by atoms with Crippen LogP contribution in [0.4, 0.5) is 0 Å². The van der Waals surface area contributed by atoms with E-state index < -0.39 is 0 Å². The van der Waals surface area contributed by atoms with Gasteiger partial charge >= 0.3 is 0 Å². The predicted molar refractivity (Wildman–Crippen MR) is 80.6 cm³/mol. The Balaban J connectivity index is 1.76. The van der Waals surface area contributed by atoms with Gasteiger partial charge in [-0.05, 0) is 37.3 Å². The Labute approximate surface area is 118 Å². The molecule has 1 aliphatic rings. The Morgan fingerprint density at radius 3 is 2.79 bits per heavy atom. The Hall–Kier alpha value is -1.19. The van der Waals surface area contributed by atoms with E-state index in [0.29, 0.717) is 17.9 Å². The van der Waals surface area contributed by atoms with Gasteiger partial charge in [0.15, 0.2) is 0 Å². The van der Waals surface area contributed by atoms with Crippen molar-refractivity contribution in [2.45, 2.75) is 32.2 Å². The number of nitrogens with zero attached hydrogens (tertiary/aromatic N) is 1. The third kappa shape index (κ3) is 2.72. The summed E-state index contributed by atoms with van der Waals surface area (Å²) < 4.78 is 0. The van der Waals surface area contributed by atoms with Crippen molar-refractivity contribution in [3.05, 3.63) is 52.0 Å². The molecule has 0 spiro atoms. The molecule has 2 aromatic rings. The summed E-state index contributed by atoms with van der Waals surface area (Å²) in [5.74, 6) is 1.40. The summed E-state index contributed by atoms with van der Waals surface area (Å²) in [6.45, 7) is 5.25. The maximum Gasteiger partial charge on any atom is 0.0898 e. The molecule has 1 aromatic heterocycles. The number of rotatable bonds is 5. The summed E-state index contributed by atoms with van der Waals surface area (Å²) in [7, 11) is 0. The molecular formula is C16H20N2S. The Bertz CT molecular complexity index is 535. The van der Waals surface area contributed by atoms with Crippen molar-refractivity contribution in [2.75, 3.05) is 6.54 Å². The SMILES string of the molecule is CCNC(c1csc(C)n1)C1CC1c1ccccc1. The van der Waals surface area contributed by atoms with Crippen LogP contribution in [0.5, 0.6) is 0 Å². The highest BCUT2D eigenvalue weighted by Gasteiger charge is 2.44. The number of aryl methyl sites for hydroxylation is 1. The molecule has 2 nitrogen and oxygen atoms in total. The highest BCUT2D eigenvalue weighted by molar-refractivity contribution is 7.09. The average molecular weight is 272 g/mol. The summed E-state index contributed by atoms with van der Waals surface area (Å²) >= 11 is 1.75. The average Bonchev–Trinajstić information content (AvgIpc) is 3.12. The molecule has 3 unspecified atom stereocenters. The van der Waals surface area contributed by atoms with Gasteiger partial charge in [0.25, 0.3) is 0 Å². The smallest absolute Gasteiger partial charge is 0.0898 e. The summed E-state index contributed by atoms with van der Waals surface area (Å²) in [4.78, 5) is 4.68. The summed E-state index contributed by atoms with van der Waals surface area (Å²) in [5, 5.41) is 6.99. The normalized spacial score (nSPS) is 23.3. The van der Waals surface area contributed by atoms with Gasteiger partial charge in [0, 0.05) is 5.38 Å². The summed E-state index contributed by atoms with van der Waals surface area (Å²) in [6.07, 6.45) is 1.28. The minimum absolute atomic E-state index is 0.417. The topological polar surface area (TPSA) is 24.9 Å². The molecule has 3 atom stereocenters. The molecule has 1 aromatic carbocycles. The third-order valence-electron chi connectivity index (χ3n) is 3.88. The molecule has 1 aliphatic carbocycles. The van der Waals surface area contributed by atoms with Crippen molar-refractivity contribution in [1.29, 1.82) is 0 Å². The zero-order valence-electron chi connectivity index (χ0n) is 11.5. The zero-order valence-corrected chi connectivity index (χ0v) is 12.3. The molecule has 0 aliphatic heterocycles. The van der Waals surface area contributed by atoms with E-state index in [0.717, 1.165) is 11.6 Å². The minimum atomic E-state index is 0.417. The first-order chi connectivity index (χ1) is 9.29. The van der Waals surface area contributed by atoms with E-state index in [1.165, 1.54) is 17.7 Å². The van der Waals surface area contributed by atoms with Crippen molar-refractivity contribution in [3.63, 3.8) is 0 Å². The fourth-order valence-corrected chi connectivity index (χ4v) is 3.53. The number of aromatic nitrogens is 1. The van der Waals surface area contributed by atoms with Gasteiger partial charge in [-0.15, -0.1) is 11.3 Å². The van der Waals surface area contributed by atoms with Crippen LogP contribution in [0.3, 0.4) is 0 Å². The third-order valence-corrected chi connectivity index (χ3v) is 4.67. The standard InChI is InChI=1S/C16H20N2S/c1-3-17-16(15-10-19-11(2)18-15)14-9-13(14)12-7-5-4-6-8-12/h4-8,10,13-14,16-17H,3,9H2,1-2H3. The van der Waals surface area contributed by atoms with Crippen LogP contribution in [-0.2, 0) is 0 Å². The number of nitrogens with one attached hydrogen (secondary N) is 1.